The van der Waals surface area contributed by atoms with Crippen LogP contribution in [0.2, 0.25) is 0 Å². The Bertz CT molecular complexity index is 3460. The zero-order valence-corrected chi connectivity index (χ0v) is 70.4. The summed E-state index contributed by atoms with van der Waals surface area (Å²) in [5.74, 6) is -6.64. The van der Waals surface area contributed by atoms with Gasteiger partial charge in [0.15, 0.2) is 12.3 Å². The molecule has 1 unspecified atom stereocenters. The molecule has 0 radical (unpaired) electrons. The van der Waals surface area contributed by atoms with E-state index in [0.717, 1.165) is 12.0 Å². The molecule has 0 saturated carbocycles. The van der Waals surface area contributed by atoms with Crippen molar-refractivity contribution in [1.29, 1.82) is 0 Å². The van der Waals surface area contributed by atoms with Gasteiger partial charge in [0, 0.05) is 76.9 Å². The van der Waals surface area contributed by atoms with E-state index in [1.54, 1.807) is 86.2 Å². The van der Waals surface area contributed by atoms with Gasteiger partial charge < -0.3 is 107 Å². The molecule has 115 heavy (non-hydrogen) atoms. The lowest BCUT2D eigenvalue weighted by molar-refractivity contribution is -0.654. The fourth-order valence-electron chi connectivity index (χ4n) is 10.6. The number of nitrogens with zero attached hydrogens (tertiary/aromatic N) is 2. The quantitative estimate of drug-likeness (QED) is 0.00632. The first-order valence-electron chi connectivity index (χ1n) is 37.6. The van der Waals surface area contributed by atoms with Crippen LogP contribution in [0.1, 0.15) is 160 Å². The van der Waals surface area contributed by atoms with Gasteiger partial charge in [-0.2, -0.15) is 4.79 Å². The topological polar surface area (TPSA) is 512 Å². The smallest absolute Gasteiger partial charge is 0.336 e. The molecule has 16 N–H and O–H groups in total. The van der Waals surface area contributed by atoms with Gasteiger partial charge in [0.1, 0.15) is 67.8 Å². The van der Waals surface area contributed by atoms with Crippen molar-refractivity contribution in [3.63, 3.8) is 0 Å². The summed E-state index contributed by atoms with van der Waals surface area (Å²) in [4.78, 5) is 111. The highest BCUT2D eigenvalue weighted by molar-refractivity contribution is 5.80. The Morgan fingerprint density at radius 3 is 1.26 bits per heavy atom. The third kappa shape index (κ3) is 44.7. The fraction of sp³-hybridized carbons (Fsp3) is 0.530. The molecule has 4 aromatic rings. The van der Waals surface area contributed by atoms with Gasteiger partial charge in [0.25, 0.3) is 0 Å². The SMILES string of the molecule is C=CC.C=[N+]=[N-].CC(=O)OCC1c2ccccc2-c2ccccc21.CC(=O)O[C@@H](C)[C@H](C)[C@@H]1[NH2+][CH-]OC1=O.CC(=O)O[C@@H](C)[C@H](C)[C@H](N)C(=O)O.CCc1ccccc1.CN[C@H](C(=O)O)[C@@H](C)[C@H](C)OC(C)=O.CN[C@H](C(=O)OCc1ccccc1)[C@@H](C)[C@H](C)OC(C)=O.C[C@@H]([C@H](C)O)[C@@H]1[NH2+][CH-]OC1O.C[C@@H]([C@H](C)O)[C@H](N)C(=O)O. The summed E-state index contributed by atoms with van der Waals surface area (Å²) in [6.07, 6.45) is -0.533. The van der Waals surface area contributed by atoms with E-state index in [-0.39, 0.29) is 90.3 Å². The Balaban J connectivity index is -0.00000125. The van der Waals surface area contributed by atoms with Crippen molar-refractivity contribution in [3.05, 3.63) is 163 Å². The number of aliphatic hydroxyl groups is 3. The predicted octanol–water partition coefficient (Wildman–Crippen LogP) is 5.86. The highest BCUT2D eigenvalue weighted by atomic mass is 16.6. The standard InChI is InChI=1S/C16H23NO4.C16H14O2.C9H15NO4.C9H17NO4.C8H15NO4.C8H10.C7H15NO3.C6H13NO3.C3H6.CH2N2/c1-11(12(2)21-13(3)18)15(17-4)16(19)20-10-14-8-6-5-7-9-14;1-11(17)18-10-16-14-8-4-2-6-12(14)13-7-3-5-9-15(13)16;1-5(6(2)14-7(3)11)8-9(12)13-4-10-8;1-5(6(2)14-7(3)11)8(10-4)9(12)13;1-4(7(9)8(11)12)5(2)13-6(3)10;1-2-8-6-4-3-5-7-8;1-4(5(2)9)6-7(10)11-3-8-6;1-3(4(2)8)5(7)6(9)10;2*1-3-2/h5-9,11-12,15,17H,10H2,1-4H3;2-9,16H,10H2,1H3;4-6,8H,10H2,1-3H3;5-6,8,10H,1-4H3,(H,12,13);4-5,7H,9H2,1-3H3,(H,11,12);3-7H,2H2,1H3;3-7,9-10H,8H2,1-2H3;3-5,8H,7H2,1-2H3,(H,9,10);3H,1H2,2H3;1H2/t11-,12-,15-;;2*5-,6-,8-;4-,5-,7-;;4-,5-,6-,7?;3-,4-,5-;;/m0.000.00../s1. The first kappa shape index (κ1) is 109. The van der Waals surface area contributed by atoms with E-state index in [9.17, 15) is 58.2 Å². The van der Waals surface area contributed by atoms with E-state index in [1.165, 1.54) is 82.8 Å². The van der Waals surface area contributed by atoms with Crippen molar-refractivity contribution in [2.24, 2.45) is 47.0 Å². The zero-order chi connectivity index (χ0) is 88.9. The number of carboxylic acids is 3. The Morgan fingerprint density at radius 1 is 0.557 bits per heavy atom. The molecule has 646 valence electrons. The Labute approximate surface area is 677 Å². The second-order valence-corrected chi connectivity index (χ2v) is 27.2. The van der Waals surface area contributed by atoms with E-state index in [2.05, 4.69) is 88.9 Å². The minimum atomic E-state index is -1.09. The number of ether oxygens (including phenoxy) is 8. The molecule has 0 spiro atoms. The molecule has 19 atom stereocenters. The molecule has 32 nitrogen and oxygen atoms in total. The lowest BCUT2D eigenvalue weighted by Gasteiger charge is -2.26. The summed E-state index contributed by atoms with van der Waals surface area (Å²) >= 11 is 0. The average molecular weight is 1620 g/mol. The number of carbonyl (C=O) groups is 10. The maximum absolute atomic E-state index is 12.2. The third-order valence-electron chi connectivity index (χ3n) is 18.4. The monoisotopic (exact) mass is 1620 g/mol. The van der Waals surface area contributed by atoms with Crippen molar-refractivity contribution in [2.45, 2.75) is 230 Å². The minimum Gasteiger partial charge on any atom is -0.576 e. The first-order chi connectivity index (χ1) is 53.8. The van der Waals surface area contributed by atoms with Crippen molar-refractivity contribution in [2.75, 3.05) is 20.7 Å². The van der Waals surface area contributed by atoms with E-state index in [1.807, 2.05) is 88.4 Å². The molecule has 2 saturated heterocycles. The van der Waals surface area contributed by atoms with Gasteiger partial charge in [-0.3, -0.25) is 43.2 Å². The molecule has 1 aliphatic carbocycles. The van der Waals surface area contributed by atoms with Crippen molar-refractivity contribution < 1.29 is 132 Å². The van der Waals surface area contributed by atoms with Crippen molar-refractivity contribution in [3.8, 4) is 11.1 Å². The first-order valence-corrected chi connectivity index (χ1v) is 37.6. The highest BCUT2D eigenvalue weighted by Crippen LogP contribution is 2.44. The number of allylic oxidation sites excluding steroid dienone is 1. The Kier molecular flexibility index (Phi) is 57.9. The van der Waals surface area contributed by atoms with Crippen molar-refractivity contribution >= 4 is 66.4 Å². The number of benzene rings is 4. The van der Waals surface area contributed by atoms with Gasteiger partial charge in [0.05, 0.1) is 18.1 Å². The number of rotatable bonds is 27. The number of fused-ring (bicyclic) bond motifs is 3. The normalized spacial score (nSPS) is 17.9. The lowest BCUT2D eigenvalue weighted by Crippen LogP contribution is -2.87. The molecule has 7 rings (SSSR count). The summed E-state index contributed by atoms with van der Waals surface area (Å²) in [6.45, 7) is 40.9. The van der Waals surface area contributed by atoms with Crippen LogP contribution in [0.4, 0.5) is 0 Å². The number of aryl methyl sites for hydroxylation is 1. The molecule has 4 aromatic carbocycles. The number of likely N-dealkylation sites (N-methyl/N-ethyl adjacent to an activating group) is 2. The highest BCUT2D eigenvalue weighted by Gasteiger charge is 2.37. The number of cyclic esters (lactones) is 1. The number of hydrogen-bond acceptors (Lipinski definition) is 25. The molecule has 0 aromatic heterocycles. The number of carbonyl (C=O) groups excluding carboxylic acids is 7. The van der Waals surface area contributed by atoms with E-state index in [4.69, 9.17) is 70.6 Å². The molecule has 2 aliphatic heterocycles. The molecule has 3 aliphatic rings. The lowest BCUT2D eigenvalue weighted by atomic mass is 9.96. The molecule has 2 heterocycles. The predicted molar refractivity (Wildman–Crippen MR) is 430 cm³/mol. The van der Waals surface area contributed by atoms with Gasteiger partial charge in [-0.05, 0) is 109 Å². The van der Waals surface area contributed by atoms with Crippen LogP contribution in [-0.4, -0.2) is 202 Å². The molecular formula is C83H130N8O24. The number of aliphatic hydroxyl groups excluding tert-OH is 3. The van der Waals surface area contributed by atoms with Crippen LogP contribution < -0.4 is 32.7 Å². The number of esters is 7. The molecule has 0 amide bonds. The van der Waals surface area contributed by atoms with Gasteiger partial charge >= 0.3 is 59.7 Å². The second-order valence-electron chi connectivity index (χ2n) is 27.2. The Hall–Kier alpha value is -9.70. The van der Waals surface area contributed by atoms with Crippen LogP contribution in [-0.2, 0) is 98.9 Å². The Morgan fingerprint density at radius 2 is 0.939 bits per heavy atom. The number of hydrogen-bond donors (Lipinski definition) is 12. The van der Waals surface area contributed by atoms with Crippen LogP contribution in [0.3, 0.4) is 0 Å². The van der Waals surface area contributed by atoms with E-state index in [0.29, 0.717) is 6.61 Å². The number of nitrogens with two attached hydrogens (primary N) is 4. The van der Waals surface area contributed by atoms with Crippen LogP contribution in [0.5, 0.6) is 0 Å². The number of aliphatic carboxylic acids is 3. The molecular weight excluding hydrogens is 1490 g/mol. The van der Waals surface area contributed by atoms with Gasteiger partial charge in [0.2, 0.25) is 6.72 Å². The van der Waals surface area contributed by atoms with Crippen LogP contribution in [0.25, 0.3) is 16.7 Å². The van der Waals surface area contributed by atoms with Crippen LogP contribution >= 0.6 is 0 Å². The van der Waals surface area contributed by atoms with Gasteiger partial charge in [-0.15, -0.1) is 6.58 Å². The van der Waals surface area contributed by atoms with Crippen LogP contribution in [0, 0.1) is 49.0 Å². The summed E-state index contributed by atoms with van der Waals surface area (Å²) in [5, 5.41) is 62.1. The van der Waals surface area contributed by atoms with E-state index < -0.39 is 96.6 Å². The largest absolute Gasteiger partial charge is 0.576 e. The fourth-order valence-corrected chi connectivity index (χ4v) is 10.6. The minimum absolute atomic E-state index is 0.0312. The summed E-state index contributed by atoms with van der Waals surface area (Å²) in [7, 11) is 3.25. The molecule has 32 heteroatoms. The van der Waals surface area contributed by atoms with Gasteiger partial charge in [-0.1, -0.05) is 164 Å². The number of carboxylic acid groups (broad SMARTS) is 3. The molecule has 0 bridgehead atoms. The zero-order valence-electron chi connectivity index (χ0n) is 70.4. The second kappa shape index (κ2) is 60.8. The average Bonchev–Trinajstić information content (AvgIpc) is 1.62. The number of nitrogens with one attached hydrogen (secondary N) is 2. The van der Waals surface area contributed by atoms with Gasteiger partial charge in [-0.25, -0.2) is 4.79 Å². The maximum atomic E-state index is 12.2. The summed E-state index contributed by atoms with van der Waals surface area (Å²) in [5.41, 5.74) is 25.0. The third-order valence-corrected chi connectivity index (χ3v) is 18.4. The van der Waals surface area contributed by atoms with Crippen LogP contribution in [0.15, 0.2) is 122 Å². The number of quaternary nitrogens is 2. The summed E-state index contributed by atoms with van der Waals surface area (Å²) < 4.78 is 39.8. The molecule has 2 fully saturated rings. The maximum Gasteiger partial charge on any atom is 0.336 e. The summed E-state index contributed by atoms with van der Waals surface area (Å²) in [6, 6.07) is 33.0. The van der Waals surface area contributed by atoms with Crippen molar-refractivity contribution in [1.82, 2.24) is 10.6 Å². The van der Waals surface area contributed by atoms with E-state index >= 15 is 0 Å².